The summed E-state index contributed by atoms with van der Waals surface area (Å²) in [5, 5.41) is 10.2. The Morgan fingerprint density at radius 2 is 1.12 bits per heavy atom. The van der Waals surface area contributed by atoms with Crippen LogP contribution in [-0.4, -0.2) is 23.1 Å². The molecule has 1 atom stereocenters. The van der Waals surface area contributed by atoms with Crippen molar-refractivity contribution in [3.05, 3.63) is 60.2 Å². The van der Waals surface area contributed by atoms with E-state index in [-0.39, 0.29) is 5.56 Å². The number of aliphatic hydroxyl groups is 1. The highest BCUT2D eigenvalue weighted by molar-refractivity contribution is 5.63. The lowest BCUT2D eigenvalue weighted by Gasteiger charge is -2.36. The van der Waals surface area contributed by atoms with E-state index >= 15 is 0 Å². The maximum atomic E-state index is 13.9. The standard InChI is InChI=1S/C18H15F7O/c1-15(26,11-16(19,17(20,21)22)18(23,24)25)14-9-7-13(8-10-14)12-5-3-2-4-6-12/h2-10,26H,11H2,1H3. The van der Waals surface area contributed by atoms with Gasteiger partial charge in [-0.1, -0.05) is 54.6 Å². The first kappa shape index (κ1) is 20.2. The van der Waals surface area contributed by atoms with E-state index in [0.29, 0.717) is 5.56 Å². The first-order chi connectivity index (χ1) is 11.8. The van der Waals surface area contributed by atoms with Crippen molar-refractivity contribution in [2.45, 2.75) is 37.0 Å². The SMILES string of the molecule is CC(O)(CC(F)(C(F)(F)F)C(F)(F)F)c1ccc(-c2ccccc2)cc1. The summed E-state index contributed by atoms with van der Waals surface area (Å²) in [6.45, 7) is 0.719. The molecule has 2 aromatic carbocycles. The Kier molecular flexibility index (Phi) is 5.11. The molecule has 26 heavy (non-hydrogen) atoms. The molecule has 0 spiro atoms. The van der Waals surface area contributed by atoms with Crippen LogP contribution in [0.1, 0.15) is 18.9 Å². The largest absolute Gasteiger partial charge is 0.431 e. The maximum absolute atomic E-state index is 13.9. The van der Waals surface area contributed by atoms with Gasteiger partial charge in [0.2, 0.25) is 0 Å². The molecule has 0 aliphatic heterocycles. The van der Waals surface area contributed by atoms with Crippen LogP contribution in [0.4, 0.5) is 30.7 Å². The number of benzene rings is 2. The number of hydrogen-bond acceptors (Lipinski definition) is 1. The van der Waals surface area contributed by atoms with Crippen LogP contribution in [0.25, 0.3) is 11.1 Å². The van der Waals surface area contributed by atoms with Gasteiger partial charge in [-0.05, 0) is 23.6 Å². The molecule has 1 N–H and O–H groups in total. The molecular weight excluding hydrogens is 365 g/mol. The molecule has 0 heterocycles. The predicted octanol–water partition coefficient (Wildman–Crippen LogP) is 5.78. The fourth-order valence-electron chi connectivity index (χ4n) is 2.59. The summed E-state index contributed by atoms with van der Waals surface area (Å²) >= 11 is 0. The van der Waals surface area contributed by atoms with Crippen LogP contribution in [0.5, 0.6) is 0 Å². The number of rotatable bonds is 4. The molecule has 0 saturated heterocycles. The molecule has 0 aliphatic rings. The van der Waals surface area contributed by atoms with Gasteiger partial charge in [-0.2, -0.15) is 26.3 Å². The Hall–Kier alpha value is -2.09. The molecule has 1 unspecified atom stereocenters. The second kappa shape index (κ2) is 6.57. The average Bonchev–Trinajstić information content (AvgIpc) is 2.53. The van der Waals surface area contributed by atoms with E-state index < -0.39 is 30.0 Å². The summed E-state index contributed by atoms with van der Waals surface area (Å²) in [4.78, 5) is 0. The topological polar surface area (TPSA) is 20.2 Å². The molecule has 0 radical (unpaired) electrons. The normalized spacial score (nSPS) is 15.6. The predicted molar refractivity (Wildman–Crippen MR) is 82.0 cm³/mol. The van der Waals surface area contributed by atoms with Gasteiger partial charge in [0.1, 0.15) is 0 Å². The van der Waals surface area contributed by atoms with E-state index in [1.54, 1.807) is 30.3 Å². The molecule has 142 valence electrons. The van der Waals surface area contributed by atoms with Crippen molar-refractivity contribution < 1.29 is 35.8 Å². The van der Waals surface area contributed by atoms with E-state index in [1.807, 2.05) is 0 Å². The van der Waals surface area contributed by atoms with Crippen LogP contribution in [0.15, 0.2) is 54.6 Å². The second-order valence-corrected chi connectivity index (χ2v) is 6.19. The zero-order valence-electron chi connectivity index (χ0n) is 13.5. The second-order valence-electron chi connectivity index (χ2n) is 6.19. The number of alkyl halides is 7. The summed E-state index contributed by atoms with van der Waals surface area (Å²) < 4.78 is 90.3. The fourth-order valence-corrected chi connectivity index (χ4v) is 2.59. The van der Waals surface area contributed by atoms with Crippen molar-refractivity contribution in [1.29, 1.82) is 0 Å². The first-order valence-corrected chi connectivity index (χ1v) is 7.49. The van der Waals surface area contributed by atoms with Gasteiger partial charge >= 0.3 is 18.0 Å². The van der Waals surface area contributed by atoms with Crippen molar-refractivity contribution in [1.82, 2.24) is 0 Å². The smallest absolute Gasteiger partial charge is 0.385 e. The van der Waals surface area contributed by atoms with Gasteiger partial charge < -0.3 is 5.11 Å². The Morgan fingerprint density at radius 3 is 1.54 bits per heavy atom. The third-order valence-corrected chi connectivity index (χ3v) is 4.10. The zero-order chi connectivity index (χ0) is 19.8. The van der Waals surface area contributed by atoms with Crippen LogP contribution in [0, 0.1) is 0 Å². The van der Waals surface area contributed by atoms with Gasteiger partial charge in [0.25, 0.3) is 0 Å². The minimum atomic E-state index is -6.21. The van der Waals surface area contributed by atoms with Gasteiger partial charge in [-0.3, -0.25) is 0 Å². The molecule has 2 aromatic rings. The van der Waals surface area contributed by atoms with E-state index in [9.17, 15) is 35.8 Å². The van der Waals surface area contributed by atoms with E-state index in [4.69, 9.17) is 0 Å². The molecule has 0 aromatic heterocycles. The Balaban J connectivity index is 2.35. The molecule has 0 saturated carbocycles. The molecule has 0 fully saturated rings. The van der Waals surface area contributed by atoms with Crippen molar-refractivity contribution in [2.24, 2.45) is 0 Å². The quantitative estimate of drug-likeness (QED) is 0.667. The van der Waals surface area contributed by atoms with Gasteiger partial charge in [0, 0.05) is 6.42 Å². The van der Waals surface area contributed by atoms with Gasteiger partial charge in [0.15, 0.2) is 0 Å². The van der Waals surface area contributed by atoms with Crippen molar-refractivity contribution in [2.75, 3.05) is 0 Å². The summed E-state index contributed by atoms with van der Waals surface area (Å²) in [5.74, 6) is 0. The number of halogens is 7. The van der Waals surface area contributed by atoms with Crippen LogP contribution >= 0.6 is 0 Å². The third kappa shape index (κ3) is 3.85. The molecule has 2 rings (SSSR count). The lowest BCUT2D eigenvalue weighted by Crippen LogP contribution is -2.56. The van der Waals surface area contributed by atoms with Crippen LogP contribution in [-0.2, 0) is 5.60 Å². The molecular formula is C18H15F7O. The highest BCUT2D eigenvalue weighted by Crippen LogP contribution is 2.51. The summed E-state index contributed by atoms with van der Waals surface area (Å²) in [7, 11) is 0. The lowest BCUT2D eigenvalue weighted by atomic mass is 9.83. The van der Waals surface area contributed by atoms with E-state index in [0.717, 1.165) is 12.5 Å². The average molecular weight is 380 g/mol. The minimum absolute atomic E-state index is 0.257. The first-order valence-electron chi connectivity index (χ1n) is 7.49. The fraction of sp³-hybridized carbons (Fsp3) is 0.333. The Labute approximate surface area is 145 Å². The molecule has 8 heteroatoms. The van der Waals surface area contributed by atoms with Crippen LogP contribution in [0.2, 0.25) is 0 Å². The van der Waals surface area contributed by atoms with Crippen LogP contribution in [0.3, 0.4) is 0 Å². The molecule has 1 nitrogen and oxygen atoms in total. The molecule has 0 bridgehead atoms. The monoisotopic (exact) mass is 380 g/mol. The zero-order valence-corrected chi connectivity index (χ0v) is 13.5. The molecule has 0 aliphatic carbocycles. The van der Waals surface area contributed by atoms with Crippen LogP contribution < -0.4 is 0 Å². The van der Waals surface area contributed by atoms with Crippen molar-refractivity contribution in [3.8, 4) is 11.1 Å². The highest BCUT2D eigenvalue weighted by Gasteiger charge is 2.73. The summed E-state index contributed by atoms with van der Waals surface area (Å²) in [6, 6.07) is 14.0. The maximum Gasteiger partial charge on any atom is 0.431 e. The molecule has 0 amide bonds. The highest BCUT2D eigenvalue weighted by atomic mass is 19.4. The van der Waals surface area contributed by atoms with E-state index in [1.165, 1.54) is 24.3 Å². The Morgan fingerprint density at radius 1 is 0.692 bits per heavy atom. The summed E-state index contributed by atoms with van der Waals surface area (Å²) in [5.41, 5.74) is -7.06. The van der Waals surface area contributed by atoms with Gasteiger partial charge in [-0.25, -0.2) is 4.39 Å². The van der Waals surface area contributed by atoms with Crippen molar-refractivity contribution >= 4 is 0 Å². The summed E-state index contributed by atoms with van der Waals surface area (Å²) in [6.07, 6.45) is -14.6. The van der Waals surface area contributed by atoms with Gasteiger partial charge in [0.05, 0.1) is 5.60 Å². The Bertz CT molecular complexity index is 717. The van der Waals surface area contributed by atoms with E-state index in [2.05, 4.69) is 0 Å². The van der Waals surface area contributed by atoms with Gasteiger partial charge in [-0.15, -0.1) is 0 Å². The van der Waals surface area contributed by atoms with Crippen molar-refractivity contribution in [3.63, 3.8) is 0 Å². The lowest BCUT2D eigenvalue weighted by molar-refractivity contribution is -0.352. The minimum Gasteiger partial charge on any atom is -0.385 e. The third-order valence-electron chi connectivity index (χ3n) is 4.10. The number of hydrogen-bond donors (Lipinski definition) is 1.